The van der Waals surface area contributed by atoms with Crippen molar-refractivity contribution in [2.75, 3.05) is 0 Å². The first-order valence-corrected chi connectivity index (χ1v) is 12.2. The van der Waals surface area contributed by atoms with Gasteiger partial charge in [0, 0.05) is 51.0 Å². The van der Waals surface area contributed by atoms with Crippen LogP contribution in [0.1, 0.15) is 35.9 Å². The summed E-state index contributed by atoms with van der Waals surface area (Å²) in [4.78, 5) is 6.52. The van der Waals surface area contributed by atoms with Crippen LogP contribution in [0.4, 0.5) is 17.6 Å². The molecule has 3 N–H and O–H groups in total. The lowest BCUT2D eigenvalue weighted by Gasteiger charge is -2.39. The van der Waals surface area contributed by atoms with Gasteiger partial charge in [0.2, 0.25) is 0 Å². The molecule has 38 heavy (non-hydrogen) atoms. The highest BCUT2D eigenvalue weighted by molar-refractivity contribution is 7.80. The van der Waals surface area contributed by atoms with E-state index in [4.69, 9.17) is 0 Å². The summed E-state index contributed by atoms with van der Waals surface area (Å²) in [5.74, 6) is -0.592. The molecular formula is C29H23F4N3OS. The Balaban J connectivity index is 1.63. The van der Waals surface area contributed by atoms with Crippen LogP contribution in [0.5, 0.6) is 0 Å². The lowest BCUT2D eigenvalue weighted by molar-refractivity contribution is -0.266. The van der Waals surface area contributed by atoms with Crippen molar-refractivity contribution < 1.29 is 22.7 Å². The van der Waals surface area contributed by atoms with Crippen molar-refractivity contribution in [3.8, 4) is 6.07 Å². The van der Waals surface area contributed by atoms with Gasteiger partial charge >= 0.3 is 6.18 Å². The first kappa shape index (κ1) is 25.9. The van der Waals surface area contributed by atoms with Gasteiger partial charge in [0.05, 0.1) is 11.6 Å². The van der Waals surface area contributed by atoms with Crippen LogP contribution in [-0.4, -0.2) is 26.9 Å². The molecule has 2 unspecified atom stereocenters. The third-order valence-corrected chi connectivity index (χ3v) is 7.51. The molecule has 0 fully saturated rings. The number of hydrogen-bond donors (Lipinski definition) is 4. The van der Waals surface area contributed by atoms with Gasteiger partial charge in [-0.3, -0.25) is 0 Å². The Morgan fingerprint density at radius 3 is 2.39 bits per heavy atom. The molecule has 9 heteroatoms. The Morgan fingerprint density at radius 1 is 0.947 bits per heavy atom. The summed E-state index contributed by atoms with van der Waals surface area (Å²) in [6.45, 7) is 1.57. The molecular weight excluding hydrogens is 514 g/mol. The summed E-state index contributed by atoms with van der Waals surface area (Å²) in [5, 5.41) is 21.9. The molecule has 0 bridgehead atoms. The summed E-state index contributed by atoms with van der Waals surface area (Å²) < 4.78 is 58.4. The summed E-state index contributed by atoms with van der Waals surface area (Å²) in [6, 6.07) is 20.9. The van der Waals surface area contributed by atoms with Crippen LogP contribution in [0.15, 0.2) is 77.7 Å². The van der Waals surface area contributed by atoms with Gasteiger partial charge in [0.1, 0.15) is 5.82 Å². The number of aliphatic hydroxyl groups is 1. The lowest BCUT2D eigenvalue weighted by Crippen LogP contribution is -2.51. The van der Waals surface area contributed by atoms with Crippen LogP contribution < -0.4 is 0 Å². The minimum atomic E-state index is -5.02. The van der Waals surface area contributed by atoms with E-state index < -0.39 is 35.9 Å². The summed E-state index contributed by atoms with van der Waals surface area (Å²) >= 11 is 4.36. The summed E-state index contributed by atoms with van der Waals surface area (Å²) in [7, 11) is 0. The van der Waals surface area contributed by atoms with E-state index in [9.17, 15) is 27.9 Å². The topological polar surface area (TPSA) is 75.6 Å². The van der Waals surface area contributed by atoms with E-state index >= 15 is 0 Å². The highest BCUT2D eigenvalue weighted by Gasteiger charge is 2.57. The molecule has 0 saturated carbocycles. The van der Waals surface area contributed by atoms with Gasteiger partial charge in [-0.05, 0) is 60.3 Å². The summed E-state index contributed by atoms with van der Waals surface area (Å²) in [6.07, 6.45) is -6.59. The lowest BCUT2D eigenvalue weighted by atomic mass is 9.70. The molecule has 5 aromatic rings. The molecule has 0 amide bonds. The van der Waals surface area contributed by atoms with Crippen molar-refractivity contribution in [3.05, 3.63) is 101 Å². The minimum absolute atomic E-state index is 0.128. The van der Waals surface area contributed by atoms with E-state index in [1.807, 2.05) is 18.2 Å². The molecule has 2 aromatic heterocycles. The van der Waals surface area contributed by atoms with Gasteiger partial charge in [-0.15, -0.1) is 12.6 Å². The predicted molar refractivity (Wildman–Crippen MR) is 141 cm³/mol. The van der Waals surface area contributed by atoms with Crippen molar-refractivity contribution in [1.29, 1.82) is 5.26 Å². The number of nitrogens with zero attached hydrogens (tertiary/aromatic N) is 1. The first-order chi connectivity index (χ1) is 17.9. The molecule has 2 heterocycles. The molecule has 3 aromatic carbocycles. The monoisotopic (exact) mass is 537 g/mol. The number of aromatic nitrogens is 2. The van der Waals surface area contributed by atoms with E-state index in [0.29, 0.717) is 38.1 Å². The van der Waals surface area contributed by atoms with Crippen LogP contribution in [0.25, 0.3) is 21.8 Å². The van der Waals surface area contributed by atoms with E-state index in [0.717, 1.165) is 5.39 Å². The van der Waals surface area contributed by atoms with Gasteiger partial charge in [0.25, 0.3) is 0 Å². The number of nitriles is 1. The number of halogens is 4. The molecule has 0 saturated heterocycles. The number of hydrogen-bond acceptors (Lipinski definition) is 3. The minimum Gasteiger partial charge on any atom is -0.380 e. The Morgan fingerprint density at radius 2 is 1.71 bits per heavy atom. The van der Waals surface area contributed by atoms with Gasteiger partial charge in [-0.1, -0.05) is 30.3 Å². The second-order valence-electron chi connectivity index (χ2n) is 9.86. The Hall–Kier alpha value is -3.74. The molecule has 5 rings (SSSR count). The maximum Gasteiger partial charge on any atom is 0.417 e. The quantitative estimate of drug-likeness (QED) is 0.137. The number of para-hydroxylation sites is 1. The predicted octanol–water partition coefficient (Wildman–Crippen LogP) is 7.18. The Bertz CT molecular complexity index is 1670. The fourth-order valence-electron chi connectivity index (χ4n) is 5.15. The number of fused-ring (bicyclic) bond motifs is 2. The smallest absolute Gasteiger partial charge is 0.380 e. The van der Waals surface area contributed by atoms with Crippen LogP contribution in [0.3, 0.4) is 0 Å². The molecule has 2 atom stereocenters. The van der Waals surface area contributed by atoms with Crippen molar-refractivity contribution in [1.82, 2.24) is 9.97 Å². The molecule has 0 aliphatic carbocycles. The number of nitrogens with one attached hydrogen (secondary N) is 2. The molecule has 4 nitrogen and oxygen atoms in total. The van der Waals surface area contributed by atoms with E-state index in [1.54, 1.807) is 31.2 Å². The van der Waals surface area contributed by atoms with Crippen molar-refractivity contribution in [2.45, 2.75) is 41.9 Å². The van der Waals surface area contributed by atoms with Crippen molar-refractivity contribution >= 4 is 34.4 Å². The molecule has 0 aliphatic heterocycles. The third-order valence-electron chi connectivity index (χ3n) is 7.14. The second-order valence-corrected chi connectivity index (χ2v) is 10.3. The number of aromatic amines is 2. The third kappa shape index (κ3) is 4.55. The van der Waals surface area contributed by atoms with Crippen molar-refractivity contribution in [3.63, 3.8) is 0 Å². The highest BCUT2D eigenvalue weighted by Crippen LogP contribution is 2.47. The van der Waals surface area contributed by atoms with Gasteiger partial charge in [-0.2, -0.15) is 18.4 Å². The van der Waals surface area contributed by atoms with Crippen LogP contribution >= 0.6 is 12.6 Å². The fourth-order valence-corrected chi connectivity index (χ4v) is 5.48. The average Bonchev–Trinajstić information content (AvgIpc) is 3.47. The van der Waals surface area contributed by atoms with Crippen LogP contribution in [0, 0.1) is 17.1 Å². The van der Waals surface area contributed by atoms with Crippen molar-refractivity contribution in [2.24, 2.45) is 0 Å². The SMILES string of the molecule is CC(CC(O)(Cc1cc2c(S)cc(C#N)cc2[nH]1)C(F)(F)F)(c1cccc(F)c1)c1cc2ccccc2[nH]1. The zero-order valence-corrected chi connectivity index (χ0v) is 21.1. The zero-order chi connectivity index (χ0) is 27.3. The largest absolute Gasteiger partial charge is 0.417 e. The number of thiol groups is 1. The van der Waals surface area contributed by atoms with Gasteiger partial charge in [0.15, 0.2) is 5.60 Å². The van der Waals surface area contributed by atoms with Crippen LogP contribution in [-0.2, 0) is 11.8 Å². The van der Waals surface area contributed by atoms with E-state index in [-0.39, 0.29) is 5.69 Å². The van der Waals surface area contributed by atoms with Gasteiger partial charge in [-0.25, -0.2) is 4.39 Å². The normalized spacial score (nSPS) is 15.3. The maximum atomic E-state index is 14.7. The van der Waals surface area contributed by atoms with E-state index in [2.05, 4.69) is 22.6 Å². The van der Waals surface area contributed by atoms with E-state index in [1.165, 1.54) is 36.4 Å². The average molecular weight is 538 g/mol. The maximum absolute atomic E-state index is 14.7. The van der Waals surface area contributed by atoms with Gasteiger partial charge < -0.3 is 15.1 Å². The molecule has 0 radical (unpaired) electrons. The standard InChI is InChI=1S/C29H23F4N3OS/c1-27(19-6-4-7-20(30)12-19,26-11-18-5-2-3-8-23(18)36-26)16-28(37,29(31,32)33)14-21-13-22-24(35-21)9-17(15-34)10-25(22)38/h2-13,35-38H,14,16H2,1H3. The van der Waals surface area contributed by atoms with Crippen LogP contribution in [0.2, 0.25) is 0 Å². The number of H-pyrrole nitrogens is 2. The molecule has 0 aliphatic rings. The fraction of sp³-hybridized carbons (Fsp3) is 0.207. The Kier molecular flexibility index (Phi) is 6.28. The second kappa shape index (κ2) is 9.22. The molecule has 194 valence electrons. The summed E-state index contributed by atoms with van der Waals surface area (Å²) in [5.41, 5.74) is -2.34. The number of benzene rings is 3. The molecule has 0 spiro atoms. The Labute approximate surface area is 221 Å². The highest BCUT2D eigenvalue weighted by atomic mass is 32.1. The zero-order valence-electron chi connectivity index (χ0n) is 20.2. The number of rotatable bonds is 6. The first-order valence-electron chi connectivity index (χ1n) is 11.8. The number of alkyl halides is 3.